The number of hydrogen-bond donors (Lipinski definition) is 5. The van der Waals surface area contributed by atoms with Crippen molar-refractivity contribution in [3.05, 3.63) is 73.5 Å². The third-order valence-electron chi connectivity index (χ3n) is 4.23. The van der Waals surface area contributed by atoms with E-state index in [0.717, 1.165) is 0 Å². The van der Waals surface area contributed by atoms with Crippen molar-refractivity contribution in [3.63, 3.8) is 0 Å². The van der Waals surface area contributed by atoms with Crippen molar-refractivity contribution < 1.29 is 23.1 Å². The van der Waals surface area contributed by atoms with E-state index in [2.05, 4.69) is 27.2 Å². The molecule has 4 aromatic rings. The Morgan fingerprint density at radius 1 is 1.12 bits per heavy atom. The van der Waals surface area contributed by atoms with Gasteiger partial charge in [-0.1, -0.05) is 12.6 Å². The van der Waals surface area contributed by atoms with Crippen molar-refractivity contribution in [2.45, 2.75) is 4.90 Å². The number of anilines is 3. The molecule has 4 rings (SSSR count). The van der Waals surface area contributed by atoms with E-state index in [-0.39, 0.29) is 22.6 Å². The lowest BCUT2D eigenvalue weighted by atomic mass is 10.3. The molecule has 0 spiro atoms. The van der Waals surface area contributed by atoms with Crippen LogP contribution in [0.3, 0.4) is 0 Å². The fraction of sp³-hybridized carbons (Fsp3) is 0. The highest BCUT2D eigenvalue weighted by Gasteiger charge is 2.14. The van der Waals surface area contributed by atoms with E-state index in [4.69, 9.17) is 14.3 Å². The smallest absolute Gasteiger partial charge is 0.268 e. The number of benzene rings is 2. The van der Waals surface area contributed by atoms with Gasteiger partial charge in [-0.15, -0.1) is 10.8 Å². The first kappa shape index (κ1) is 21.3. The minimum absolute atomic E-state index is 0.169. The summed E-state index contributed by atoms with van der Waals surface area (Å²) in [6.45, 7) is 3.43. The van der Waals surface area contributed by atoms with Crippen molar-refractivity contribution in [3.8, 4) is 11.6 Å². The van der Waals surface area contributed by atoms with E-state index in [1.54, 1.807) is 42.5 Å². The second-order valence-corrected chi connectivity index (χ2v) is 8.21. The third kappa shape index (κ3) is 4.87. The van der Waals surface area contributed by atoms with Crippen molar-refractivity contribution in [2.24, 2.45) is 5.14 Å². The quantitative estimate of drug-likeness (QED) is 0.246. The van der Waals surface area contributed by atoms with Gasteiger partial charge in [-0.2, -0.15) is 4.98 Å². The molecule has 6 N–H and O–H groups in total. The van der Waals surface area contributed by atoms with Crippen LogP contribution in [0.25, 0.3) is 11.1 Å². The normalized spacial score (nSPS) is 11.7. The van der Waals surface area contributed by atoms with Gasteiger partial charge in [0.15, 0.2) is 0 Å². The molecule has 0 saturated heterocycles. The van der Waals surface area contributed by atoms with E-state index in [0.29, 0.717) is 28.2 Å². The molecule has 10 nitrogen and oxygen atoms in total. The van der Waals surface area contributed by atoms with Gasteiger partial charge in [-0.3, -0.25) is 13.9 Å². The van der Waals surface area contributed by atoms with Crippen LogP contribution in [0.5, 0.6) is 11.6 Å². The van der Waals surface area contributed by atoms with Crippen LogP contribution in [0.2, 0.25) is 0 Å². The van der Waals surface area contributed by atoms with Gasteiger partial charge in [-0.25, -0.2) is 10.1 Å². The summed E-state index contributed by atoms with van der Waals surface area (Å²) in [5.74, 6) is 0.484. The highest BCUT2D eigenvalue weighted by atomic mass is 32.3. The van der Waals surface area contributed by atoms with Crippen LogP contribution in [-0.4, -0.2) is 25.0 Å². The fourth-order valence-corrected chi connectivity index (χ4v) is 3.31. The van der Waals surface area contributed by atoms with Crippen LogP contribution in [0.15, 0.2) is 82.8 Å². The Morgan fingerprint density at radius 2 is 1.91 bits per heavy atom. The molecule has 1 amide bonds. The van der Waals surface area contributed by atoms with Crippen LogP contribution < -0.4 is 20.5 Å². The minimum atomic E-state index is -3.29. The predicted octanol–water partition coefficient (Wildman–Crippen LogP) is 4.87. The summed E-state index contributed by atoms with van der Waals surface area (Å²) in [6.07, 6.45) is 2.64. The van der Waals surface area contributed by atoms with Gasteiger partial charge in [0.1, 0.15) is 11.3 Å². The monoisotopic (exact) mass is 453 g/mol. The fourth-order valence-electron chi connectivity index (χ4n) is 2.77. The Morgan fingerprint density at radius 3 is 2.62 bits per heavy atom. The zero-order chi connectivity index (χ0) is 22.7. The van der Waals surface area contributed by atoms with Gasteiger partial charge in [0, 0.05) is 23.5 Å². The Kier molecular flexibility index (Phi) is 5.79. The molecular formula is C21H19N5O5S. The first-order chi connectivity index (χ1) is 15.3. The molecule has 0 unspecified atom stereocenters. The molecule has 2 aromatic heterocycles. The second kappa shape index (κ2) is 8.69. The average molecular weight is 453 g/mol. The number of nitrogens with zero attached hydrogens (tertiary/aromatic N) is 2. The number of hydrogen-bond acceptors (Lipinski definition) is 9. The van der Waals surface area contributed by atoms with E-state index in [1.165, 1.54) is 24.5 Å². The van der Waals surface area contributed by atoms with Gasteiger partial charge in [0.05, 0.1) is 11.2 Å². The molecule has 0 atom stereocenters. The summed E-state index contributed by atoms with van der Waals surface area (Å²) in [5.41, 5.74) is 1.99. The SMILES string of the molecule is C=CC(=O)Nc1cccc(Oc2nc(Nc3ccc(S(N)(O)O)cc3)nc3ccoc23)c1. The largest absolute Gasteiger partial charge is 0.457 e. The van der Waals surface area contributed by atoms with Gasteiger partial charge in [0.2, 0.25) is 17.4 Å². The molecule has 0 bridgehead atoms. The first-order valence-electron chi connectivity index (χ1n) is 9.21. The topological polar surface area (TPSA) is 156 Å². The van der Waals surface area contributed by atoms with Crippen LogP contribution in [0.4, 0.5) is 17.3 Å². The summed E-state index contributed by atoms with van der Waals surface area (Å²) >= 11 is 0. The summed E-state index contributed by atoms with van der Waals surface area (Å²) in [4.78, 5) is 20.5. The van der Waals surface area contributed by atoms with Gasteiger partial charge >= 0.3 is 0 Å². The Hall–Kier alpha value is -3.90. The summed E-state index contributed by atoms with van der Waals surface area (Å²) < 4.78 is 30.4. The van der Waals surface area contributed by atoms with E-state index in [1.807, 2.05) is 0 Å². The van der Waals surface area contributed by atoms with Crippen molar-refractivity contribution in [1.82, 2.24) is 9.97 Å². The molecule has 2 aromatic carbocycles. The lowest BCUT2D eigenvalue weighted by Crippen LogP contribution is -2.08. The zero-order valence-corrected chi connectivity index (χ0v) is 17.4. The molecule has 32 heavy (non-hydrogen) atoms. The van der Waals surface area contributed by atoms with E-state index in [9.17, 15) is 13.9 Å². The summed E-state index contributed by atoms with van der Waals surface area (Å²) in [7, 11) is -3.29. The molecule has 0 saturated carbocycles. The number of furan rings is 1. The molecule has 0 aliphatic carbocycles. The molecule has 0 aliphatic heterocycles. The molecule has 0 fully saturated rings. The number of nitrogens with one attached hydrogen (secondary N) is 2. The third-order valence-corrected chi connectivity index (χ3v) is 5.20. The van der Waals surface area contributed by atoms with Crippen LogP contribution in [0, 0.1) is 0 Å². The Labute approximate surface area is 184 Å². The number of nitrogens with two attached hydrogens (primary N) is 1. The average Bonchev–Trinajstić information content (AvgIpc) is 3.23. The highest BCUT2D eigenvalue weighted by Crippen LogP contribution is 2.40. The first-order valence-corrected chi connectivity index (χ1v) is 10.8. The van der Waals surface area contributed by atoms with Crippen molar-refractivity contribution >= 4 is 45.1 Å². The number of rotatable bonds is 7. The molecule has 11 heteroatoms. The molecule has 2 heterocycles. The number of amides is 1. The number of fused-ring (bicyclic) bond motifs is 1. The van der Waals surface area contributed by atoms with E-state index >= 15 is 0 Å². The number of ether oxygens (including phenoxy) is 1. The molecule has 0 radical (unpaired) electrons. The molecule has 164 valence electrons. The molecule has 0 aliphatic rings. The van der Waals surface area contributed by atoms with E-state index < -0.39 is 10.8 Å². The number of carbonyl (C=O) groups excluding carboxylic acids is 1. The summed E-state index contributed by atoms with van der Waals surface area (Å²) in [6, 6.07) is 14.7. The number of carbonyl (C=O) groups is 1. The maximum atomic E-state index is 11.5. The van der Waals surface area contributed by atoms with Gasteiger partial charge in [0.25, 0.3) is 5.88 Å². The Balaban J connectivity index is 1.61. The maximum Gasteiger partial charge on any atom is 0.268 e. The summed E-state index contributed by atoms with van der Waals surface area (Å²) in [5, 5.41) is 11.0. The van der Waals surface area contributed by atoms with Gasteiger partial charge < -0.3 is 19.8 Å². The van der Waals surface area contributed by atoms with Crippen LogP contribution in [0.1, 0.15) is 0 Å². The van der Waals surface area contributed by atoms with Gasteiger partial charge in [-0.05, 0) is 42.5 Å². The van der Waals surface area contributed by atoms with Crippen LogP contribution in [-0.2, 0) is 4.79 Å². The lowest BCUT2D eigenvalue weighted by Gasteiger charge is -2.26. The highest BCUT2D eigenvalue weighted by molar-refractivity contribution is 8.22. The zero-order valence-electron chi connectivity index (χ0n) is 16.6. The standard InChI is InChI=1S/C21H19N5O5S/c1-2-18(27)23-14-4-3-5-15(12-14)31-20-19-17(10-11-30-19)25-21(26-20)24-13-6-8-16(9-7-13)32(22,28)29/h2-12,28-29H,1,22H2,(H,23,27)(H,24,25,26). The van der Waals surface area contributed by atoms with Crippen molar-refractivity contribution in [2.75, 3.05) is 10.6 Å². The van der Waals surface area contributed by atoms with Crippen LogP contribution >= 0.6 is 10.8 Å². The molecular weight excluding hydrogens is 434 g/mol. The van der Waals surface area contributed by atoms with Crippen molar-refractivity contribution in [1.29, 1.82) is 0 Å². The Bertz CT molecular complexity index is 1280. The number of aromatic nitrogens is 2. The maximum absolute atomic E-state index is 11.5. The second-order valence-electron chi connectivity index (χ2n) is 6.55. The predicted molar refractivity (Wildman–Crippen MR) is 122 cm³/mol. The minimum Gasteiger partial charge on any atom is -0.457 e. The lowest BCUT2D eigenvalue weighted by molar-refractivity contribution is -0.111.